The summed E-state index contributed by atoms with van der Waals surface area (Å²) in [5.41, 5.74) is 0.952. The maximum Gasteiger partial charge on any atom is 0.0761 e. The van der Waals surface area contributed by atoms with Gasteiger partial charge in [-0.15, -0.1) is 0 Å². The second-order valence-corrected chi connectivity index (χ2v) is 6.44. The van der Waals surface area contributed by atoms with Crippen LogP contribution in [0.2, 0.25) is 5.02 Å². The molecule has 2 unspecified atom stereocenters. The lowest BCUT2D eigenvalue weighted by molar-refractivity contribution is -0.150. The van der Waals surface area contributed by atoms with Crippen molar-refractivity contribution in [1.82, 2.24) is 10.3 Å². The fourth-order valence-electron chi connectivity index (χ4n) is 3.66. The lowest BCUT2D eigenvalue weighted by atomic mass is 9.77. The van der Waals surface area contributed by atoms with E-state index < -0.39 is 0 Å². The molecule has 1 N–H and O–H groups in total. The zero-order chi connectivity index (χ0) is 14.7. The van der Waals surface area contributed by atoms with Crippen LogP contribution >= 0.6 is 11.6 Å². The fraction of sp³-hybridized carbons (Fsp3) is 0.688. The van der Waals surface area contributed by atoms with Crippen LogP contribution in [-0.2, 0) is 9.47 Å². The third kappa shape index (κ3) is 3.24. The van der Waals surface area contributed by atoms with Crippen LogP contribution in [0.15, 0.2) is 18.3 Å². The minimum Gasteiger partial charge on any atom is -0.381 e. The van der Waals surface area contributed by atoms with E-state index in [1.54, 1.807) is 0 Å². The molecule has 116 valence electrons. The number of pyridine rings is 1. The summed E-state index contributed by atoms with van der Waals surface area (Å²) in [6.45, 7) is 2.43. The monoisotopic (exact) mass is 310 g/mol. The van der Waals surface area contributed by atoms with Crippen molar-refractivity contribution in [1.29, 1.82) is 0 Å². The summed E-state index contributed by atoms with van der Waals surface area (Å²) in [4.78, 5) is 4.50. The van der Waals surface area contributed by atoms with Gasteiger partial charge in [-0.25, -0.2) is 0 Å². The van der Waals surface area contributed by atoms with Crippen molar-refractivity contribution in [2.75, 3.05) is 26.9 Å². The van der Waals surface area contributed by atoms with Crippen molar-refractivity contribution in [2.24, 2.45) is 5.92 Å². The van der Waals surface area contributed by atoms with Crippen LogP contribution < -0.4 is 5.32 Å². The molecule has 0 amide bonds. The highest BCUT2D eigenvalue weighted by molar-refractivity contribution is 6.31. The lowest BCUT2D eigenvalue weighted by Crippen LogP contribution is -2.46. The van der Waals surface area contributed by atoms with Crippen LogP contribution in [0, 0.1) is 5.92 Å². The molecule has 2 saturated heterocycles. The maximum absolute atomic E-state index is 6.34. The second-order valence-electron chi connectivity index (χ2n) is 6.03. The summed E-state index contributed by atoms with van der Waals surface area (Å²) < 4.78 is 11.6. The van der Waals surface area contributed by atoms with E-state index in [9.17, 15) is 0 Å². The van der Waals surface area contributed by atoms with Crippen molar-refractivity contribution >= 4 is 11.6 Å². The normalized spacial score (nSPS) is 26.7. The maximum atomic E-state index is 6.34. The summed E-state index contributed by atoms with van der Waals surface area (Å²) in [5.74, 6) is 0.495. The Morgan fingerprint density at radius 1 is 1.38 bits per heavy atom. The predicted molar refractivity (Wildman–Crippen MR) is 82.5 cm³/mol. The number of rotatable bonds is 3. The van der Waals surface area contributed by atoms with Gasteiger partial charge in [-0.05, 0) is 50.8 Å². The molecule has 3 rings (SSSR count). The van der Waals surface area contributed by atoms with E-state index in [-0.39, 0.29) is 11.6 Å². The van der Waals surface area contributed by atoms with Gasteiger partial charge in [0.2, 0.25) is 0 Å². The molecule has 4 nitrogen and oxygen atoms in total. The Morgan fingerprint density at radius 2 is 2.19 bits per heavy atom. The Kier molecular flexibility index (Phi) is 4.79. The minimum absolute atomic E-state index is 0.00246. The largest absolute Gasteiger partial charge is 0.381 e. The molecule has 1 aromatic rings. The van der Waals surface area contributed by atoms with Crippen LogP contribution in [0.1, 0.15) is 37.4 Å². The Bertz CT molecular complexity index is 472. The molecule has 0 radical (unpaired) electrons. The van der Waals surface area contributed by atoms with Gasteiger partial charge in [-0.3, -0.25) is 4.98 Å². The number of halogens is 1. The van der Waals surface area contributed by atoms with Gasteiger partial charge in [-0.1, -0.05) is 11.6 Å². The molecule has 0 aliphatic carbocycles. The Labute approximate surface area is 131 Å². The van der Waals surface area contributed by atoms with Gasteiger partial charge in [0.25, 0.3) is 0 Å². The minimum atomic E-state index is -0.00246. The first-order valence-corrected chi connectivity index (χ1v) is 8.11. The molecule has 1 spiro atoms. The molecule has 0 aromatic carbocycles. The zero-order valence-corrected chi connectivity index (χ0v) is 13.2. The van der Waals surface area contributed by atoms with Crippen molar-refractivity contribution in [3.05, 3.63) is 29.0 Å². The molecule has 0 saturated carbocycles. The first kappa shape index (κ1) is 15.2. The van der Waals surface area contributed by atoms with Gasteiger partial charge >= 0.3 is 0 Å². The average molecular weight is 311 g/mol. The standard InChI is InChI=1S/C16H23ClN2O2/c1-18-14(15-13(17)3-2-7-19-15)12-4-8-21-16(11-12)5-9-20-10-6-16/h2-3,7,12,14,18H,4-6,8-11H2,1H3. The average Bonchev–Trinajstić information content (AvgIpc) is 2.51. The highest BCUT2D eigenvalue weighted by Gasteiger charge is 2.41. The summed E-state index contributed by atoms with van der Waals surface area (Å²) in [5, 5.41) is 4.16. The first-order valence-electron chi connectivity index (χ1n) is 7.73. The topological polar surface area (TPSA) is 43.4 Å². The molecular formula is C16H23ClN2O2. The van der Waals surface area contributed by atoms with Crippen LogP contribution in [-0.4, -0.2) is 37.5 Å². The smallest absolute Gasteiger partial charge is 0.0761 e. The predicted octanol–water partition coefficient (Wildman–Crippen LogP) is 2.97. The van der Waals surface area contributed by atoms with Crippen LogP contribution in [0.4, 0.5) is 0 Å². The molecular weight excluding hydrogens is 288 g/mol. The molecule has 2 fully saturated rings. The SMILES string of the molecule is CNC(c1ncccc1Cl)C1CCOC2(CCOCC2)C1. The van der Waals surface area contributed by atoms with Crippen LogP contribution in [0.25, 0.3) is 0 Å². The highest BCUT2D eigenvalue weighted by atomic mass is 35.5. The van der Waals surface area contributed by atoms with E-state index >= 15 is 0 Å². The van der Waals surface area contributed by atoms with Crippen molar-refractivity contribution in [3.8, 4) is 0 Å². The highest BCUT2D eigenvalue weighted by Crippen LogP contribution is 2.42. The van der Waals surface area contributed by atoms with E-state index in [1.807, 2.05) is 25.4 Å². The van der Waals surface area contributed by atoms with Gasteiger partial charge in [0.05, 0.1) is 22.4 Å². The van der Waals surface area contributed by atoms with E-state index in [2.05, 4.69) is 10.3 Å². The van der Waals surface area contributed by atoms with Crippen LogP contribution in [0.5, 0.6) is 0 Å². The fourth-order valence-corrected chi connectivity index (χ4v) is 3.90. The molecule has 21 heavy (non-hydrogen) atoms. The number of hydrogen-bond acceptors (Lipinski definition) is 4. The Hall–Kier alpha value is -0.680. The van der Waals surface area contributed by atoms with E-state index in [1.165, 1.54) is 0 Å². The van der Waals surface area contributed by atoms with Gasteiger partial charge in [0.15, 0.2) is 0 Å². The Morgan fingerprint density at radius 3 is 2.90 bits per heavy atom. The quantitative estimate of drug-likeness (QED) is 0.932. The number of hydrogen-bond donors (Lipinski definition) is 1. The third-order valence-electron chi connectivity index (χ3n) is 4.80. The van der Waals surface area contributed by atoms with Crippen molar-refractivity contribution < 1.29 is 9.47 Å². The second kappa shape index (κ2) is 6.61. The molecule has 2 atom stereocenters. The van der Waals surface area contributed by atoms with E-state index in [4.69, 9.17) is 21.1 Å². The summed E-state index contributed by atoms with van der Waals surface area (Å²) >= 11 is 6.34. The van der Waals surface area contributed by atoms with Gasteiger partial charge in [0.1, 0.15) is 0 Å². The van der Waals surface area contributed by atoms with Gasteiger partial charge < -0.3 is 14.8 Å². The first-order chi connectivity index (χ1) is 10.2. The number of aromatic nitrogens is 1. The summed E-state index contributed by atoms with van der Waals surface area (Å²) in [7, 11) is 1.99. The lowest BCUT2D eigenvalue weighted by Gasteiger charge is -2.45. The summed E-state index contributed by atoms with van der Waals surface area (Å²) in [6, 6.07) is 3.97. The van der Waals surface area contributed by atoms with Crippen LogP contribution in [0.3, 0.4) is 0 Å². The summed E-state index contributed by atoms with van der Waals surface area (Å²) in [6.07, 6.45) is 5.90. The third-order valence-corrected chi connectivity index (χ3v) is 5.12. The molecule has 2 aliphatic heterocycles. The Balaban J connectivity index is 1.79. The molecule has 2 aliphatic rings. The molecule has 3 heterocycles. The number of ether oxygens (including phenoxy) is 2. The van der Waals surface area contributed by atoms with Gasteiger partial charge in [-0.2, -0.15) is 0 Å². The molecule has 1 aromatic heterocycles. The van der Waals surface area contributed by atoms with E-state index in [0.717, 1.165) is 56.2 Å². The number of nitrogens with one attached hydrogen (secondary N) is 1. The number of nitrogens with zero attached hydrogens (tertiary/aromatic N) is 1. The van der Waals surface area contributed by atoms with Crippen molar-refractivity contribution in [2.45, 2.75) is 37.3 Å². The van der Waals surface area contributed by atoms with E-state index in [0.29, 0.717) is 5.92 Å². The van der Waals surface area contributed by atoms with Crippen molar-refractivity contribution in [3.63, 3.8) is 0 Å². The molecule has 0 bridgehead atoms. The molecule has 5 heteroatoms. The zero-order valence-electron chi connectivity index (χ0n) is 12.5. The van der Waals surface area contributed by atoms with Gasteiger partial charge in [0, 0.05) is 26.0 Å².